The molecule has 0 aliphatic carbocycles. The minimum absolute atomic E-state index is 0.608. The first-order valence-corrected chi connectivity index (χ1v) is 6.21. The monoisotopic (exact) mass is 283 g/mol. The van der Waals surface area contributed by atoms with Gasteiger partial charge in [-0.05, 0) is 50.1 Å². The summed E-state index contributed by atoms with van der Waals surface area (Å²) in [5, 5.41) is 0. The molecule has 0 amide bonds. The van der Waals surface area contributed by atoms with Gasteiger partial charge >= 0.3 is 0 Å². The van der Waals surface area contributed by atoms with Crippen LogP contribution in [0.1, 0.15) is 18.1 Å². The Balaban J connectivity index is 2.94. The van der Waals surface area contributed by atoms with Crippen LogP contribution in [-0.4, -0.2) is 13.2 Å². The lowest BCUT2D eigenvalue weighted by molar-refractivity contribution is 0.356. The SMILES string of the molecule is C/C=C/COc1c(C)cc(Br)cc1CCN. The van der Waals surface area contributed by atoms with Crippen LogP contribution in [0.25, 0.3) is 0 Å². The first kappa shape index (κ1) is 13.3. The second kappa shape index (κ2) is 6.71. The summed E-state index contributed by atoms with van der Waals surface area (Å²) >= 11 is 3.49. The van der Waals surface area contributed by atoms with Gasteiger partial charge in [-0.1, -0.05) is 28.1 Å². The second-order valence-corrected chi connectivity index (χ2v) is 4.55. The average Bonchev–Trinajstić information content (AvgIpc) is 2.22. The molecule has 1 aromatic rings. The molecule has 0 unspecified atom stereocenters. The zero-order valence-electron chi connectivity index (χ0n) is 9.79. The van der Waals surface area contributed by atoms with Gasteiger partial charge < -0.3 is 10.5 Å². The van der Waals surface area contributed by atoms with E-state index < -0.39 is 0 Å². The number of ether oxygens (including phenoxy) is 1. The Hall–Kier alpha value is -0.800. The Morgan fingerprint density at radius 2 is 2.19 bits per heavy atom. The fraction of sp³-hybridized carbons (Fsp3) is 0.385. The molecular weight excluding hydrogens is 266 g/mol. The summed E-state index contributed by atoms with van der Waals surface area (Å²) in [4.78, 5) is 0. The lowest BCUT2D eigenvalue weighted by Crippen LogP contribution is -2.06. The Labute approximate surface area is 106 Å². The predicted molar refractivity (Wildman–Crippen MR) is 71.9 cm³/mol. The molecule has 88 valence electrons. The normalized spacial score (nSPS) is 11.0. The first-order chi connectivity index (χ1) is 7.69. The maximum atomic E-state index is 5.75. The Morgan fingerprint density at radius 1 is 1.44 bits per heavy atom. The molecule has 2 N–H and O–H groups in total. The Bertz CT molecular complexity index is 374. The maximum Gasteiger partial charge on any atom is 0.125 e. The number of allylic oxidation sites excluding steroid dienone is 1. The first-order valence-electron chi connectivity index (χ1n) is 5.42. The highest BCUT2D eigenvalue weighted by molar-refractivity contribution is 9.10. The number of hydrogen-bond donors (Lipinski definition) is 1. The smallest absolute Gasteiger partial charge is 0.125 e. The number of halogens is 1. The van der Waals surface area contributed by atoms with Crippen molar-refractivity contribution in [2.24, 2.45) is 5.73 Å². The third kappa shape index (κ3) is 3.65. The molecule has 1 rings (SSSR count). The van der Waals surface area contributed by atoms with Crippen molar-refractivity contribution in [2.45, 2.75) is 20.3 Å². The number of hydrogen-bond acceptors (Lipinski definition) is 2. The summed E-state index contributed by atoms with van der Waals surface area (Å²) in [6, 6.07) is 4.13. The van der Waals surface area contributed by atoms with E-state index in [0.717, 1.165) is 22.2 Å². The van der Waals surface area contributed by atoms with Crippen molar-refractivity contribution in [3.05, 3.63) is 39.9 Å². The Morgan fingerprint density at radius 3 is 2.81 bits per heavy atom. The molecular formula is C13H18BrNO. The van der Waals surface area contributed by atoms with Crippen molar-refractivity contribution in [3.8, 4) is 5.75 Å². The molecule has 2 nitrogen and oxygen atoms in total. The fourth-order valence-electron chi connectivity index (χ4n) is 1.57. The molecule has 0 aromatic heterocycles. The highest BCUT2D eigenvalue weighted by Crippen LogP contribution is 2.28. The average molecular weight is 284 g/mol. The highest BCUT2D eigenvalue weighted by atomic mass is 79.9. The van der Waals surface area contributed by atoms with Crippen molar-refractivity contribution in [3.63, 3.8) is 0 Å². The van der Waals surface area contributed by atoms with Gasteiger partial charge in [0, 0.05) is 4.47 Å². The van der Waals surface area contributed by atoms with Gasteiger partial charge in [0.2, 0.25) is 0 Å². The minimum atomic E-state index is 0.608. The van der Waals surface area contributed by atoms with Crippen LogP contribution < -0.4 is 10.5 Å². The topological polar surface area (TPSA) is 35.2 Å². The predicted octanol–water partition coefficient (Wildman–Crippen LogP) is 3.21. The van der Waals surface area contributed by atoms with Crippen molar-refractivity contribution < 1.29 is 4.74 Å². The van der Waals surface area contributed by atoms with Crippen molar-refractivity contribution in [2.75, 3.05) is 13.2 Å². The van der Waals surface area contributed by atoms with Gasteiger partial charge in [0.1, 0.15) is 12.4 Å². The van der Waals surface area contributed by atoms with Crippen LogP contribution in [0.2, 0.25) is 0 Å². The maximum absolute atomic E-state index is 5.75. The molecule has 1 aromatic carbocycles. The summed E-state index contributed by atoms with van der Waals surface area (Å²) in [5.41, 5.74) is 7.91. The molecule has 0 fully saturated rings. The summed E-state index contributed by atoms with van der Waals surface area (Å²) in [5.74, 6) is 0.965. The van der Waals surface area contributed by atoms with E-state index in [1.807, 2.05) is 19.1 Å². The number of rotatable bonds is 5. The van der Waals surface area contributed by atoms with E-state index in [-0.39, 0.29) is 0 Å². The number of benzene rings is 1. The van der Waals surface area contributed by atoms with Crippen LogP contribution in [0.15, 0.2) is 28.8 Å². The lowest BCUT2D eigenvalue weighted by atomic mass is 10.1. The van der Waals surface area contributed by atoms with Gasteiger partial charge in [-0.15, -0.1) is 0 Å². The van der Waals surface area contributed by atoms with Crippen LogP contribution in [0.3, 0.4) is 0 Å². The largest absolute Gasteiger partial charge is 0.489 e. The van der Waals surface area contributed by atoms with E-state index in [9.17, 15) is 0 Å². The van der Waals surface area contributed by atoms with E-state index in [1.54, 1.807) is 0 Å². The summed E-state index contributed by atoms with van der Waals surface area (Å²) in [6.07, 6.45) is 4.82. The second-order valence-electron chi connectivity index (χ2n) is 3.63. The van der Waals surface area contributed by atoms with Gasteiger partial charge in [-0.3, -0.25) is 0 Å². The van der Waals surface area contributed by atoms with Gasteiger partial charge in [0.25, 0.3) is 0 Å². The van der Waals surface area contributed by atoms with E-state index in [0.29, 0.717) is 13.2 Å². The van der Waals surface area contributed by atoms with Crippen molar-refractivity contribution in [1.82, 2.24) is 0 Å². The summed E-state index contributed by atoms with van der Waals surface area (Å²) in [6.45, 7) is 5.28. The molecule has 0 aliphatic rings. The van der Waals surface area contributed by atoms with Crippen molar-refractivity contribution in [1.29, 1.82) is 0 Å². The highest BCUT2D eigenvalue weighted by Gasteiger charge is 2.07. The molecule has 0 aliphatic heterocycles. The van der Waals surface area contributed by atoms with Gasteiger partial charge in [0.05, 0.1) is 0 Å². The lowest BCUT2D eigenvalue weighted by Gasteiger charge is -2.13. The third-order valence-corrected chi connectivity index (χ3v) is 2.75. The molecule has 0 heterocycles. The van der Waals surface area contributed by atoms with Gasteiger partial charge in [-0.25, -0.2) is 0 Å². The van der Waals surface area contributed by atoms with E-state index >= 15 is 0 Å². The van der Waals surface area contributed by atoms with Crippen LogP contribution in [-0.2, 0) is 6.42 Å². The van der Waals surface area contributed by atoms with Gasteiger partial charge in [0.15, 0.2) is 0 Å². The number of aryl methyl sites for hydroxylation is 1. The molecule has 16 heavy (non-hydrogen) atoms. The van der Waals surface area contributed by atoms with Crippen LogP contribution >= 0.6 is 15.9 Å². The summed E-state index contributed by atoms with van der Waals surface area (Å²) < 4.78 is 6.83. The van der Waals surface area contributed by atoms with E-state index in [1.165, 1.54) is 5.56 Å². The molecule has 0 saturated carbocycles. The molecule has 0 radical (unpaired) electrons. The molecule has 0 spiro atoms. The van der Waals surface area contributed by atoms with Crippen LogP contribution in [0.5, 0.6) is 5.75 Å². The molecule has 3 heteroatoms. The van der Waals surface area contributed by atoms with Crippen LogP contribution in [0.4, 0.5) is 0 Å². The molecule has 0 saturated heterocycles. The summed E-state index contributed by atoms with van der Waals surface area (Å²) in [7, 11) is 0. The fourth-order valence-corrected chi connectivity index (χ4v) is 2.19. The zero-order valence-corrected chi connectivity index (χ0v) is 11.4. The van der Waals surface area contributed by atoms with Crippen LogP contribution in [0, 0.1) is 6.92 Å². The van der Waals surface area contributed by atoms with Gasteiger partial charge in [-0.2, -0.15) is 0 Å². The standard InChI is InChI=1S/C13H18BrNO/c1-3-4-7-16-13-10(2)8-12(14)9-11(13)5-6-15/h3-4,8-9H,5-7,15H2,1-2H3/b4-3+. The minimum Gasteiger partial charge on any atom is -0.489 e. The number of nitrogens with two attached hydrogens (primary N) is 1. The van der Waals surface area contributed by atoms with E-state index in [2.05, 4.69) is 35.0 Å². The van der Waals surface area contributed by atoms with Crippen molar-refractivity contribution >= 4 is 15.9 Å². The Kier molecular flexibility index (Phi) is 5.56. The molecule has 0 atom stereocenters. The quantitative estimate of drug-likeness (QED) is 0.843. The third-order valence-electron chi connectivity index (χ3n) is 2.29. The van der Waals surface area contributed by atoms with E-state index in [4.69, 9.17) is 10.5 Å². The molecule has 0 bridgehead atoms. The zero-order chi connectivity index (χ0) is 12.0.